The van der Waals surface area contributed by atoms with Gasteiger partial charge in [0.1, 0.15) is 0 Å². The van der Waals surface area contributed by atoms with Crippen LogP contribution >= 0.6 is 11.8 Å². The Morgan fingerprint density at radius 1 is 1.19 bits per heavy atom. The summed E-state index contributed by atoms with van der Waals surface area (Å²) in [5.74, 6) is 0.828. The number of nitrogens with zero attached hydrogens (tertiary/aromatic N) is 1. The zero-order chi connectivity index (χ0) is 19.7. The number of guanidine groups is 1. The number of carbonyl (C=O) groups excluding carboxylic acids is 1. The summed E-state index contributed by atoms with van der Waals surface area (Å²) in [6, 6.07) is 11.0. The molecular weight excluding hydrogens is 360 g/mol. The van der Waals surface area contributed by atoms with E-state index in [1.54, 1.807) is 12.1 Å². The second-order valence-electron chi connectivity index (χ2n) is 6.64. The van der Waals surface area contributed by atoms with Gasteiger partial charge in [-0.3, -0.25) is 4.79 Å². The highest BCUT2D eigenvalue weighted by Crippen LogP contribution is 2.19. The van der Waals surface area contributed by atoms with Gasteiger partial charge in [0, 0.05) is 23.5 Å². The highest BCUT2D eigenvalue weighted by molar-refractivity contribution is 7.99. The van der Waals surface area contributed by atoms with Gasteiger partial charge >= 0.3 is 0 Å². The van der Waals surface area contributed by atoms with Crippen molar-refractivity contribution in [1.82, 2.24) is 10.6 Å². The van der Waals surface area contributed by atoms with Gasteiger partial charge in [0.25, 0.3) is 5.91 Å². The first kappa shape index (κ1) is 20.9. The normalized spacial score (nSPS) is 11.9. The third-order valence-electron chi connectivity index (χ3n) is 3.95. The average molecular weight is 389 g/mol. The van der Waals surface area contributed by atoms with Crippen molar-refractivity contribution in [3.8, 4) is 0 Å². The van der Waals surface area contributed by atoms with E-state index in [1.807, 2.05) is 43.0 Å². The number of rotatable bonds is 8. The lowest BCUT2D eigenvalue weighted by Crippen LogP contribution is -2.43. The maximum atomic E-state index is 12.0. The van der Waals surface area contributed by atoms with Crippen LogP contribution in [-0.4, -0.2) is 36.0 Å². The predicted molar refractivity (Wildman–Crippen MR) is 114 cm³/mol. The van der Waals surface area contributed by atoms with Crippen LogP contribution < -0.4 is 16.0 Å². The lowest BCUT2D eigenvalue weighted by Gasteiger charge is -2.23. The van der Waals surface area contributed by atoms with Gasteiger partial charge in [-0.05, 0) is 56.9 Å². The number of anilines is 1. The summed E-state index contributed by atoms with van der Waals surface area (Å²) in [5, 5.41) is 9.46. The van der Waals surface area contributed by atoms with E-state index in [4.69, 9.17) is 4.42 Å². The van der Waals surface area contributed by atoms with E-state index in [0.717, 1.165) is 30.3 Å². The Hall–Kier alpha value is -2.41. The third kappa shape index (κ3) is 7.02. The SMILES string of the molecule is CCNC(=NCc1ccc(NC(=O)c2ccco2)cc1)NCC(C)(C)SC. The van der Waals surface area contributed by atoms with Crippen LogP contribution in [0.1, 0.15) is 36.9 Å². The van der Waals surface area contributed by atoms with Gasteiger partial charge in [0.2, 0.25) is 0 Å². The smallest absolute Gasteiger partial charge is 0.291 e. The van der Waals surface area contributed by atoms with Crippen LogP contribution in [-0.2, 0) is 6.54 Å². The monoisotopic (exact) mass is 388 g/mol. The molecule has 0 fully saturated rings. The van der Waals surface area contributed by atoms with Crippen molar-refractivity contribution in [2.24, 2.45) is 4.99 Å². The van der Waals surface area contributed by atoms with Crippen LogP contribution in [0.3, 0.4) is 0 Å². The number of furan rings is 1. The molecule has 0 atom stereocenters. The number of amides is 1. The minimum atomic E-state index is -0.263. The minimum Gasteiger partial charge on any atom is -0.459 e. The Morgan fingerprint density at radius 2 is 1.93 bits per heavy atom. The van der Waals surface area contributed by atoms with E-state index in [0.29, 0.717) is 6.54 Å². The Kier molecular flexibility index (Phi) is 7.79. The Morgan fingerprint density at radius 3 is 2.52 bits per heavy atom. The van der Waals surface area contributed by atoms with Crippen molar-refractivity contribution in [2.75, 3.05) is 24.7 Å². The van der Waals surface area contributed by atoms with E-state index >= 15 is 0 Å². The van der Waals surface area contributed by atoms with Crippen molar-refractivity contribution in [1.29, 1.82) is 0 Å². The highest BCUT2D eigenvalue weighted by atomic mass is 32.2. The highest BCUT2D eigenvalue weighted by Gasteiger charge is 2.16. The van der Waals surface area contributed by atoms with E-state index in [-0.39, 0.29) is 16.4 Å². The Bertz CT molecular complexity index is 740. The zero-order valence-corrected chi connectivity index (χ0v) is 17.2. The number of nitrogens with one attached hydrogen (secondary N) is 3. The van der Waals surface area contributed by atoms with Crippen molar-refractivity contribution in [2.45, 2.75) is 32.1 Å². The topological polar surface area (TPSA) is 78.7 Å². The summed E-state index contributed by atoms with van der Waals surface area (Å²) in [6.45, 7) is 8.64. The van der Waals surface area contributed by atoms with Crippen LogP contribution in [0.15, 0.2) is 52.1 Å². The van der Waals surface area contributed by atoms with Crippen LogP contribution in [0.2, 0.25) is 0 Å². The minimum absolute atomic E-state index is 0.143. The molecule has 0 aliphatic heterocycles. The molecule has 27 heavy (non-hydrogen) atoms. The molecule has 0 aliphatic rings. The van der Waals surface area contributed by atoms with Crippen molar-refractivity contribution >= 4 is 29.3 Å². The van der Waals surface area contributed by atoms with Gasteiger partial charge in [-0.1, -0.05) is 12.1 Å². The first-order valence-electron chi connectivity index (χ1n) is 8.94. The van der Waals surface area contributed by atoms with Crippen LogP contribution in [0, 0.1) is 0 Å². The molecule has 6 nitrogen and oxygen atoms in total. The molecule has 146 valence electrons. The van der Waals surface area contributed by atoms with Crippen molar-refractivity contribution < 1.29 is 9.21 Å². The largest absolute Gasteiger partial charge is 0.459 e. The fourth-order valence-corrected chi connectivity index (χ4v) is 2.39. The molecule has 1 heterocycles. The second-order valence-corrected chi connectivity index (χ2v) is 8.15. The molecule has 2 rings (SSSR count). The van der Waals surface area contributed by atoms with Gasteiger partial charge in [0.05, 0.1) is 12.8 Å². The third-order valence-corrected chi connectivity index (χ3v) is 5.20. The number of carbonyl (C=O) groups is 1. The van der Waals surface area contributed by atoms with E-state index in [2.05, 4.69) is 41.0 Å². The van der Waals surface area contributed by atoms with Crippen molar-refractivity contribution in [3.05, 3.63) is 54.0 Å². The van der Waals surface area contributed by atoms with Gasteiger partial charge in [0.15, 0.2) is 11.7 Å². The molecular formula is C20H28N4O2S. The molecule has 1 amide bonds. The molecule has 0 radical (unpaired) electrons. The van der Waals surface area contributed by atoms with Gasteiger partial charge < -0.3 is 20.4 Å². The van der Waals surface area contributed by atoms with Gasteiger partial charge in [-0.2, -0.15) is 11.8 Å². The van der Waals surface area contributed by atoms with E-state index < -0.39 is 0 Å². The lowest BCUT2D eigenvalue weighted by molar-refractivity contribution is 0.0996. The summed E-state index contributed by atoms with van der Waals surface area (Å²) in [5.41, 5.74) is 1.78. The standard InChI is InChI=1S/C20H28N4O2S/c1-5-21-19(23-14-20(2,3)27-4)22-13-15-8-10-16(11-9-15)24-18(25)17-7-6-12-26-17/h6-12H,5,13-14H2,1-4H3,(H,24,25)(H2,21,22,23). The maximum Gasteiger partial charge on any atom is 0.291 e. The van der Waals surface area contributed by atoms with Crippen LogP contribution in [0.4, 0.5) is 5.69 Å². The predicted octanol–water partition coefficient (Wildman–Crippen LogP) is 3.73. The summed E-state index contributed by atoms with van der Waals surface area (Å²) >= 11 is 1.82. The quantitative estimate of drug-likeness (QED) is 0.474. The molecule has 0 spiro atoms. The Balaban J connectivity index is 1.93. The zero-order valence-electron chi connectivity index (χ0n) is 16.3. The number of benzene rings is 1. The molecule has 2 aromatic rings. The molecule has 0 unspecified atom stereocenters. The number of hydrogen-bond donors (Lipinski definition) is 3. The fourth-order valence-electron chi connectivity index (χ4n) is 2.17. The summed E-state index contributed by atoms with van der Waals surface area (Å²) in [7, 11) is 0. The first-order chi connectivity index (χ1) is 12.9. The number of aliphatic imine (C=N–C) groups is 1. The Labute approximate surface area is 165 Å². The van der Waals surface area contributed by atoms with Crippen LogP contribution in [0.25, 0.3) is 0 Å². The van der Waals surface area contributed by atoms with Crippen molar-refractivity contribution in [3.63, 3.8) is 0 Å². The number of hydrogen-bond acceptors (Lipinski definition) is 4. The maximum absolute atomic E-state index is 12.0. The molecule has 1 aromatic heterocycles. The second kappa shape index (κ2) is 10.1. The fraction of sp³-hybridized carbons (Fsp3) is 0.400. The molecule has 7 heteroatoms. The van der Waals surface area contributed by atoms with Gasteiger partial charge in [-0.15, -0.1) is 0 Å². The van der Waals surface area contributed by atoms with Crippen LogP contribution in [0.5, 0.6) is 0 Å². The van der Waals surface area contributed by atoms with E-state index in [9.17, 15) is 4.79 Å². The van der Waals surface area contributed by atoms with E-state index in [1.165, 1.54) is 6.26 Å². The molecule has 1 aromatic carbocycles. The van der Waals surface area contributed by atoms with Gasteiger partial charge in [-0.25, -0.2) is 4.99 Å². The summed E-state index contributed by atoms with van der Waals surface area (Å²) < 4.78 is 5.23. The summed E-state index contributed by atoms with van der Waals surface area (Å²) in [4.78, 5) is 16.6. The average Bonchev–Trinajstić information content (AvgIpc) is 3.20. The first-order valence-corrected chi connectivity index (χ1v) is 10.2. The molecule has 0 bridgehead atoms. The number of thioether (sulfide) groups is 1. The summed E-state index contributed by atoms with van der Waals surface area (Å²) in [6.07, 6.45) is 3.59. The molecule has 0 saturated heterocycles. The molecule has 0 saturated carbocycles. The molecule has 3 N–H and O–H groups in total. The lowest BCUT2D eigenvalue weighted by atomic mass is 10.2. The molecule has 0 aliphatic carbocycles.